The Morgan fingerprint density at radius 2 is 1.75 bits per heavy atom. The van der Waals surface area contributed by atoms with Crippen LogP contribution in [0.4, 0.5) is 10.5 Å². The van der Waals surface area contributed by atoms with Crippen molar-refractivity contribution in [1.29, 1.82) is 0 Å². The molecule has 1 spiro atoms. The maximum Gasteiger partial charge on any atom is 0.322 e. The van der Waals surface area contributed by atoms with Crippen molar-refractivity contribution in [2.24, 2.45) is 5.41 Å². The molecule has 4 amide bonds. The smallest absolute Gasteiger partial charge is 0.322 e. The van der Waals surface area contributed by atoms with Crippen LogP contribution in [-0.4, -0.2) is 63.5 Å². The van der Waals surface area contributed by atoms with Gasteiger partial charge in [0.15, 0.2) is 0 Å². The summed E-state index contributed by atoms with van der Waals surface area (Å²) in [7, 11) is 0. The van der Waals surface area contributed by atoms with Gasteiger partial charge in [-0.2, -0.15) is 0 Å². The summed E-state index contributed by atoms with van der Waals surface area (Å²) >= 11 is 1.71. The molecule has 1 N–H and O–H groups in total. The molecule has 2 saturated heterocycles. The average molecular weight is 563 g/mol. The molecular weight excluding hydrogens is 520 g/mol. The van der Waals surface area contributed by atoms with Crippen LogP contribution in [0.1, 0.15) is 71.0 Å². The van der Waals surface area contributed by atoms with Crippen LogP contribution in [0.3, 0.4) is 0 Å². The van der Waals surface area contributed by atoms with E-state index in [2.05, 4.69) is 61.3 Å². The third-order valence-electron chi connectivity index (χ3n) is 9.05. The monoisotopic (exact) mass is 562 g/mol. The van der Waals surface area contributed by atoms with Crippen LogP contribution in [0.25, 0.3) is 0 Å². The van der Waals surface area contributed by atoms with E-state index in [-0.39, 0.29) is 47.3 Å². The van der Waals surface area contributed by atoms with Crippen molar-refractivity contribution in [3.8, 4) is 0 Å². The van der Waals surface area contributed by atoms with E-state index in [0.717, 1.165) is 43.4 Å². The maximum atomic E-state index is 13.9. The minimum Gasteiger partial charge on any atom is -0.342 e. The second kappa shape index (κ2) is 10.4. The van der Waals surface area contributed by atoms with Gasteiger partial charge < -0.3 is 20.0 Å². The number of amides is 4. The number of carbonyl (C=O) groups excluding carboxylic acids is 3. The first-order valence-corrected chi connectivity index (χ1v) is 15.5. The predicted octanol–water partition coefficient (Wildman–Crippen LogP) is 5.84. The van der Waals surface area contributed by atoms with Crippen molar-refractivity contribution in [3.05, 3.63) is 65.2 Å². The van der Waals surface area contributed by atoms with Crippen LogP contribution < -0.4 is 5.32 Å². The van der Waals surface area contributed by atoms with Crippen molar-refractivity contribution in [1.82, 2.24) is 14.7 Å². The van der Waals surface area contributed by atoms with Gasteiger partial charge in [-0.3, -0.25) is 9.59 Å². The first-order valence-electron chi connectivity index (χ1n) is 14.7. The number of thioether (sulfide) groups is 1. The summed E-state index contributed by atoms with van der Waals surface area (Å²) in [5.41, 5.74) is 4.70. The van der Waals surface area contributed by atoms with Crippen LogP contribution in [-0.2, 0) is 27.4 Å². The number of likely N-dealkylation sites (tertiary alicyclic amines) is 1. The van der Waals surface area contributed by atoms with E-state index in [1.54, 1.807) is 11.8 Å². The third kappa shape index (κ3) is 5.00. The normalized spacial score (nSPS) is 24.9. The van der Waals surface area contributed by atoms with Gasteiger partial charge in [0.05, 0.1) is 5.25 Å². The van der Waals surface area contributed by atoms with E-state index in [1.165, 1.54) is 11.1 Å². The topological polar surface area (TPSA) is 73.0 Å². The largest absolute Gasteiger partial charge is 0.342 e. The number of rotatable bonds is 5. The molecule has 0 aromatic heterocycles. The summed E-state index contributed by atoms with van der Waals surface area (Å²) in [6, 6.07) is 16.5. The van der Waals surface area contributed by atoms with Crippen LogP contribution in [0, 0.1) is 5.41 Å². The van der Waals surface area contributed by atoms with Crippen molar-refractivity contribution >= 4 is 35.3 Å². The van der Waals surface area contributed by atoms with Crippen LogP contribution in [0.2, 0.25) is 0 Å². The molecule has 3 aliphatic heterocycles. The number of benzene rings is 2. The summed E-state index contributed by atoms with van der Waals surface area (Å²) < 4.78 is 0. The molecule has 2 atom stereocenters. The van der Waals surface area contributed by atoms with E-state index in [1.807, 2.05) is 28.0 Å². The summed E-state index contributed by atoms with van der Waals surface area (Å²) in [4.78, 5) is 45.8. The van der Waals surface area contributed by atoms with Gasteiger partial charge in [-0.25, -0.2) is 4.79 Å². The summed E-state index contributed by atoms with van der Waals surface area (Å²) in [5.74, 6) is 0.162. The molecule has 0 bridgehead atoms. The number of fused-ring (bicyclic) bond motifs is 3. The van der Waals surface area contributed by atoms with Gasteiger partial charge in [0, 0.05) is 45.8 Å². The minimum absolute atomic E-state index is 0. The number of para-hydroxylation sites is 1. The zero-order valence-corrected chi connectivity index (χ0v) is 24.6. The van der Waals surface area contributed by atoms with Gasteiger partial charge in [0.1, 0.15) is 4.87 Å². The van der Waals surface area contributed by atoms with E-state index in [9.17, 15) is 14.4 Å². The zero-order chi connectivity index (χ0) is 28.1. The Kier molecular flexibility index (Phi) is 7.09. The van der Waals surface area contributed by atoms with E-state index < -0.39 is 0 Å². The molecule has 3 heterocycles. The number of piperidine rings is 1. The highest BCUT2D eigenvalue weighted by Crippen LogP contribution is 2.57. The number of hydrogen-bond donors (Lipinski definition) is 1. The Bertz CT molecular complexity index is 1320. The van der Waals surface area contributed by atoms with E-state index in [0.29, 0.717) is 26.2 Å². The summed E-state index contributed by atoms with van der Waals surface area (Å²) in [6.45, 7) is 9.18. The molecule has 4 aliphatic rings. The van der Waals surface area contributed by atoms with E-state index in [4.69, 9.17) is 0 Å². The van der Waals surface area contributed by atoms with Gasteiger partial charge in [0.25, 0.3) is 0 Å². The van der Waals surface area contributed by atoms with Gasteiger partial charge >= 0.3 is 6.03 Å². The quantitative estimate of drug-likeness (QED) is 0.497. The molecule has 40 heavy (non-hydrogen) atoms. The molecule has 8 heteroatoms. The molecule has 0 radical (unpaired) electrons. The van der Waals surface area contributed by atoms with Crippen LogP contribution in [0.5, 0.6) is 0 Å². The highest BCUT2D eigenvalue weighted by atomic mass is 32.2. The number of urea groups is 1. The highest BCUT2D eigenvalue weighted by Gasteiger charge is 2.55. The van der Waals surface area contributed by atoms with E-state index >= 15 is 0 Å². The number of nitrogens with one attached hydrogen (secondary N) is 1. The molecule has 1 aliphatic carbocycles. The molecule has 6 rings (SSSR count). The molecule has 2 unspecified atom stereocenters. The molecule has 7 nitrogen and oxygen atoms in total. The molecular formula is C32H42N4O3S. The number of nitrogens with zero attached hydrogens (tertiary/aromatic N) is 3. The average Bonchev–Trinajstić information content (AvgIpc) is 3.43. The fraction of sp³-hybridized carbons (Fsp3) is 0.531. The lowest BCUT2D eigenvalue weighted by Crippen LogP contribution is -2.51. The molecule has 0 saturated carbocycles. The molecule has 214 valence electrons. The van der Waals surface area contributed by atoms with Crippen molar-refractivity contribution in [2.45, 2.75) is 82.0 Å². The van der Waals surface area contributed by atoms with Crippen molar-refractivity contribution in [2.75, 3.05) is 25.0 Å². The third-order valence-corrected chi connectivity index (χ3v) is 10.7. The Morgan fingerprint density at radius 3 is 2.50 bits per heavy atom. The lowest BCUT2D eigenvalue weighted by Gasteiger charge is -2.40. The Balaban J connectivity index is 0.00000337. The summed E-state index contributed by atoms with van der Waals surface area (Å²) in [6.07, 6.45) is 4.53. The van der Waals surface area contributed by atoms with Crippen LogP contribution >= 0.6 is 11.8 Å². The van der Waals surface area contributed by atoms with Crippen molar-refractivity contribution in [3.63, 3.8) is 0 Å². The second-order valence-corrected chi connectivity index (χ2v) is 14.4. The first-order chi connectivity index (χ1) is 19.1. The fourth-order valence-corrected chi connectivity index (χ4v) is 8.54. The second-order valence-electron chi connectivity index (χ2n) is 12.9. The Hall–Kier alpha value is -3.00. The number of aryl methyl sites for hydroxylation is 1. The number of carbonyl (C=O) groups is 3. The van der Waals surface area contributed by atoms with Gasteiger partial charge in [0.2, 0.25) is 11.8 Å². The fourth-order valence-electron chi connectivity index (χ4n) is 6.76. The minimum atomic E-state index is -0.366. The Morgan fingerprint density at radius 1 is 1.05 bits per heavy atom. The van der Waals surface area contributed by atoms with Gasteiger partial charge in [-0.1, -0.05) is 63.2 Å². The standard InChI is InChI=1S/C32H40N4O3S.H2/c1-31(2,3)16-19-36-29(38)27(40-32(36)15-12-22-8-4-6-10-25(22)32)20-28(37)34-17-13-24(14-18-34)35-21-23-9-5-7-11-26(23)33-30(35)39;/h4-11,24,27H,12-21H2,1-3H3,(H,33,39);1H. The van der Waals surface area contributed by atoms with Gasteiger partial charge in [-0.05, 0) is 60.3 Å². The maximum absolute atomic E-state index is 13.9. The molecule has 2 fully saturated rings. The highest BCUT2D eigenvalue weighted by molar-refractivity contribution is 8.02. The molecule has 2 aromatic carbocycles. The van der Waals surface area contributed by atoms with Crippen molar-refractivity contribution < 1.29 is 15.8 Å². The lowest BCUT2D eigenvalue weighted by molar-refractivity contribution is -0.138. The summed E-state index contributed by atoms with van der Waals surface area (Å²) in [5, 5.41) is 2.65. The lowest BCUT2D eigenvalue weighted by atomic mass is 9.91. The first kappa shape index (κ1) is 27.2. The SMILES string of the molecule is CC(C)(C)CCN1C(=O)C(CC(=O)N2CCC(N3Cc4ccccc4NC3=O)CC2)SC12CCc1ccccc12.[HH]. The van der Waals surface area contributed by atoms with Crippen LogP contribution in [0.15, 0.2) is 48.5 Å². The zero-order valence-electron chi connectivity index (χ0n) is 23.8. The number of anilines is 1. The molecule has 2 aromatic rings. The van der Waals surface area contributed by atoms with Gasteiger partial charge in [-0.15, -0.1) is 11.8 Å². The number of hydrogen-bond acceptors (Lipinski definition) is 4. The predicted molar refractivity (Wildman–Crippen MR) is 161 cm³/mol. The Labute approximate surface area is 243 Å².